The number of halogens is 4. The molecule has 2 aromatic rings. The number of pyridine rings is 1. The van der Waals surface area contributed by atoms with Crippen molar-refractivity contribution in [2.24, 2.45) is 0 Å². The van der Waals surface area contributed by atoms with Gasteiger partial charge in [-0.15, -0.1) is 0 Å². The molecule has 136 valence electrons. The lowest BCUT2D eigenvalue weighted by atomic mass is 10.1. The minimum Gasteiger partial charge on any atom is -0.493 e. The quantitative estimate of drug-likeness (QED) is 0.605. The van der Waals surface area contributed by atoms with Gasteiger partial charge in [-0.2, -0.15) is 22.5 Å². The summed E-state index contributed by atoms with van der Waals surface area (Å²) in [5, 5.41) is 2.42. The first-order chi connectivity index (χ1) is 11.7. The van der Waals surface area contributed by atoms with Gasteiger partial charge < -0.3 is 14.8 Å². The van der Waals surface area contributed by atoms with Crippen molar-refractivity contribution in [2.75, 3.05) is 12.4 Å². The van der Waals surface area contributed by atoms with E-state index in [2.05, 4.69) is 10.3 Å². The molecule has 0 saturated carbocycles. The number of benzene rings is 1. The van der Waals surface area contributed by atoms with E-state index in [0.29, 0.717) is 17.1 Å². The SMILES string of the molecule is COc1cc(C(C)Nc2c(F)c(F)nc(F)c2F)ccc1OC(C)C. The second-order valence-corrected chi connectivity index (χ2v) is 5.64. The van der Waals surface area contributed by atoms with E-state index in [4.69, 9.17) is 9.47 Å². The Kier molecular flexibility index (Phi) is 5.71. The molecule has 2 rings (SSSR count). The molecule has 25 heavy (non-hydrogen) atoms. The van der Waals surface area contributed by atoms with Crippen LogP contribution in [0.25, 0.3) is 0 Å². The third-order valence-electron chi connectivity index (χ3n) is 3.41. The van der Waals surface area contributed by atoms with Gasteiger partial charge in [0.1, 0.15) is 5.69 Å². The Labute approximate surface area is 142 Å². The average Bonchev–Trinajstić information content (AvgIpc) is 2.56. The molecule has 1 aromatic heterocycles. The van der Waals surface area contributed by atoms with E-state index >= 15 is 0 Å². The van der Waals surface area contributed by atoms with Crippen LogP contribution in [0.1, 0.15) is 32.4 Å². The van der Waals surface area contributed by atoms with Gasteiger partial charge in [0.05, 0.1) is 13.2 Å². The first-order valence-electron chi connectivity index (χ1n) is 7.55. The van der Waals surface area contributed by atoms with E-state index in [0.717, 1.165) is 0 Å². The second-order valence-electron chi connectivity index (χ2n) is 5.64. The van der Waals surface area contributed by atoms with Crippen LogP contribution in [0.2, 0.25) is 0 Å². The smallest absolute Gasteiger partial charge is 0.253 e. The summed E-state index contributed by atoms with van der Waals surface area (Å²) in [4.78, 5) is 2.52. The lowest BCUT2D eigenvalue weighted by Crippen LogP contribution is -2.13. The van der Waals surface area contributed by atoms with E-state index in [1.54, 1.807) is 25.1 Å². The molecule has 0 radical (unpaired) electrons. The molecule has 0 aliphatic rings. The molecule has 1 unspecified atom stereocenters. The number of methoxy groups -OCH3 is 1. The Morgan fingerprint density at radius 3 is 2.08 bits per heavy atom. The van der Waals surface area contributed by atoms with Crippen molar-refractivity contribution in [3.8, 4) is 11.5 Å². The predicted octanol–water partition coefficient (Wildman–Crippen LogP) is 4.61. The minimum atomic E-state index is -1.72. The highest BCUT2D eigenvalue weighted by Crippen LogP contribution is 2.33. The molecule has 1 N–H and O–H groups in total. The summed E-state index contributed by atoms with van der Waals surface area (Å²) in [7, 11) is 1.46. The van der Waals surface area contributed by atoms with E-state index in [1.807, 2.05) is 13.8 Å². The van der Waals surface area contributed by atoms with E-state index in [-0.39, 0.29) is 6.10 Å². The zero-order valence-corrected chi connectivity index (χ0v) is 14.2. The van der Waals surface area contributed by atoms with Crippen LogP contribution in [0.3, 0.4) is 0 Å². The van der Waals surface area contributed by atoms with Crippen molar-refractivity contribution in [1.82, 2.24) is 4.98 Å². The van der Waals surface area contributed by atoms with Crippen molar-refractivity contribution < 1.29 is 27.0 Å². The van der Waals surface area contributed by atoms with Crippen molar-refractivity contribution in [3.63, 3.8) is 0 Å². The van der Waals surface area contributed by atoms with E-state index in [9.17, 15) is 17.6 Å². The van der Waals surface area contributed by atoms with Gasteiger partial charge in [0, 0.05) is 6.04 Å². The molecule has 4 nitrogen and oxygen atoms in total. The molecule has 1 atom stereocenters. The normalized spacial score (nSPS) is 12.2. The lowest BCUT2D eigenvalue weighted by Gasteiger charge is -2.19. The predicted molar refractivity (Wildman–Crippen MR) is 84.9 cm³/mol. The third-order valence-corrected chi connectivity index (χ3v) is 3.41. The number of rotatable bonds is 6. The highest BCUT2D eigenvalue weighted by Gasteiger charge is 2.22. The van der Waals surface area contributed by atoms with Gasteiger partial charge in [-0.3, -0.25) is 0 Å². The summed E-state index contributed by atoms with van der Waals surface area (Å²) in [6.45, 7) is 5.29. The molecule has 0 amide bonds. The summed E-state index contributed by atoms with van der Waals surface area (Å²) in [5.74, 6) is -5.67. The topological polar surface area (TPSA) is 43.4 Å². The molecular formula is C17H18F4N2O2. The number of nitrogens with one attached hydrogen (secondary N) is 1. The van der Waals surface area contributed by atoms with Crippen LogP contribution in [0, 0.1) is 23.5 Å². The van der Waals surface area contributed by atoms with Crippen molar-refractivity contribution in [1.29, 1.82) is 0 Å². The van der Waals surface area contributed by atoms with Crippen LogP contribution in [-0.2, 0) is 0 Å². The Morgan fingerprint density at radius 1 is 0.960 bits per heavy atom. The number of ether oxygens (including phenoxy) is 2. The van der Waals surface area contributed by atoms with Gasteiger partial charge in [-0.1, -0.05) is 6.07 Å². The standard InChI is InChI=1S/C17H18F4N2O2/c1-8(2)25-11-6-5-10(7-12(11)24-4)9(3)22-15-13(18)16(20)23-17(21)14(15)19/h5-9H,1-4H3,(H,22,23). The van der Waals surface area contributed by atoms with E-state index < -0.39 is 35.3 Å². The maximum atomic E-state index is 13.7. The summed E-state index contributed by atoms with van der Waals surface area (Å²) in [6, 6.07) is 4.24. The molecule has 0 bridgehead atoms. The van der Waals surface area contributed by atoms with Crippen molar-refractivity contribution in [3.05, 3.63) is 47.3 Å². The van der Waals surface area contributed by atoms with Crippen LogP contribution < -0.4 is 14.8 Å². The lowest BCUT2D eigenvalue weighted by molar-refractivity contribution is 0.230. The van der Waals surface area contributed by atoms with Crippen LogP contribution in [0.5, 0.6) is 11.5 Å². The van der Waals surface area contributed by atoms with Crippen LogP contribution in [0.15, 0.2) is 18.2 Å². The molecule has 0 aliphatic heterocycles. The van der Waals surface area contributed by atoms with Gasteiger partial charge in [0.25, 0.3) is 11.9 Å². The number of nitrogens with zero attached hydrogens (tertiary/aromatic N) is 1. The van der Waals surface area contributed by atoms with Crippen LogP contribution in [-0.4, -0.2) is 18.2 Å². The van der Waals surface area contributed by atoms with E-state index in [1.165, 1.54) is 7.11 Å². The van der Waals surface area contributed by atoms with Gasteiger partial charge in [0.15, 0.2) is 11.5 Å². The highest BCUT2D eigenvalue weighted by atomic mass is 19.2. The monoisotopic (exact) mass is 358 g/mol. The van der Waals surface area contributed by atoms with Crippen LogP contribution in [0.4, 0.5) is 23.2 Å². The molecule has 0 fully saturated rings. The maximum absolute atomic E-state index is 13.7. The van der Waals surface area contributed by atoms with Crippen molar-refractivity contribution in [2.45, 2.75) is 32.9 Å². The zero-order valence-electron chi connectivity index (χ0n) is 14.2. The fraction of sp³-hybridized carbons (Fsp3) is 0.353. The third kappa shape index (κ3) is 4.12. The molecule has 1 aromatic carbocycles. The van der Waals surface area contributed by atoms with Gasteiger partial charge in [0.2, 0.25) is 11.6 Å². The first-order valence-corrected chi connectivity index (χ1v) is 7.55. The Bertz CT molecular complexity index is 743. The summed E-state index contributed by atoms with van der Waals surface area (Å²) >= 11 is 0. The summed E-state index contributed by atoms with van der Waals surface area (Å²) < 4.78 is 64.7. The second kappa shape index (κ2) is 7.58. The zero-order chi connectivity index (χ0) is 18.7. The first kappa shape index (κ1) is 18.8. The van der Waals surface area contributed by atoms with Crippen LogP contribution >= 0.6 is 0 Å². The Balaban J connectivity index is 2.32. The highest BCUT2D eigenvalue weighted by molar-refractivity contribution is 5.50. The summed E-state index contributed by atoms with van der Waals surface area (Å²) in [5.41, 5.74) is -0.344. The van der Waals surface area contributed by atoms with Gasteiger partial charge >= 0.3 is 0 Å². The van der Waals surface area contributed by atoms with Crippen molar-refractivity contribution >= 4 is 5.69 Å². The fourth-order valence-corrected chi connectivity index (χ4v) is 2.22. The average molecular weight is 358 g/mol. The maximum Gasteiger partial charge on any atom is 0.253 e. The van der Waals surface area contributed by atoms with Gasteiger partial charge in [-0.25, -0.2) is 0 Å². The molecule has 1 heterocycles. The minimum absolute atomic E-state index is 0.0683. The largest absolute Gasteiger partial charge is 0.493 e. The number of hydrogen-bond donors (Lipinski definition) is 1. The molecule has 0 saturated heterocycles. The summed E-state index contributed by atoms with van der Waals surface area (Å²) in [6.07, 6.45) is -0.0683. The fourth-order valence-electron chi connectivity index (χ4n) is 2.22. The number of anilines is 1. The number of hydrogen-bond acceptors (Lipinski definition) is 4. The Hall–Kier alpha value is -2.51. The molecule has 0 aliphatic carbocycles. The molecule has 8 heteroatoms. The number of aromatic nitrogens is 1. The Morgan fingerprint density at radius 2 is 1.56 bits per heavy atom. The van der Waals surface area contributed by atoms with Gasteiger partial charge in [-0.05, 0) is 38.5 Å². The molecule has 0 spiro atoms. The molecular weight excluding hydrogens is 340 g/mol.